The Morgan fingerprint density at radius 2 is 2.29 bits per heavy atom. The maximum absolute atomic E-state index is 11.9. The fraction of sp³-hybridized carbons (Fsp3) is 0.444. The predicted octanol–water partition coefficient (Wildman–Crippen LogP) is 1.48. The van der Waals surface area contributed by atoms with E-state index in [1.165, 1.54) is 23.2 Å². The van der Waals surface area contributed by atoms with Crippen LogP contribution >= 0.6 is 23.1 Å². The Morgan fingerprint density at radius 1 is 1.65 bits per heavy atom. The maximum atomic E-state index is 11.9. The lowest BCUT2D eigenvalue weighted by molar-refractivity contribution is 0.0698. The van der Waals surface area contributed by atoms with E-state index in [2.05, 4.69) is 4.72 Å². The van der Waals surface area contributed by atoms with E-state index in [-0.39, 0.29) is 21.6 Å². The number of sulfonamides is 1. The minimum Gasteiger partial charge on any atom is -0.477 e. The summed E-state index contributed by atoms with van der Waals surface area (Å²) in [5.41, 5.74) is 0. The van der Waals surface area contributed by atoms with E-state index in [4.69, 9.17) is 5.11 Å². The van der Waals surface area contributed by atoms with Gasteiger partial charge in [0.1, 0.15) is 9.77 Å². The minimum absolute atomic E-state index is 0.136. The molecule has 0 aliphatic heterocycles. The molecule has 0 aliphatic carbocycles. The van der Waals surface area contributed by atoms with Crippen LogP contribution in [0.5, 0.6) is 0 Å². The van der Waals surface area contributed by atoms with Gasteiger partial charge >= 0.3 is 5.97 Å². The lowest BCUT2D eigenvalue weighted by Gasteiger charge is -2.10. The van der Waals surface area contributed by atoms with Gasteiger partial charge in [-0.1, -0.05) is 6.92 Å². The molecular weight excluding hydrogens is 282 g/mol. The highest BCUT2D eigenvalue weighted by Crippen LogP contribution is 2.21. The number of carbonyl (C=O) groups is 1. The molecule has 1 heterocycles. The van der Waals surface area contributed by atoms with E-state index in [0.717, 1.165) is 11.3 Å². The van der Waals surface area contributed by atoms with Crippen molar-refractivity contribution in [2.24, 2.45) is 0 Å². The zero-order valence-corrected chi connectivity index (χ0v) is 11.8. The summed E-state index contributed by atoms with van der Waals surface area (Å²) in [6, 6.07) is 1.31. The number of thioether (sulfide) groups is 1. The molecule has 0 saturated carbocycles. The molecule has 0 radical (unpaired) electrons. The van der Waals surface area contributed by atoms with Crippen LogP contribution < -0.4 is 4.72 Å². The smallest absolute Gasteiger partial charge is 0.347 e. The van der Waals surface area contributed by atoms with Crippen molar-refractivity contribution in [1.29, 1.82) is 0 Å². The summed E-state index contributed by atoms with van der Waals surface area (Å²) >= 11 is 2.43. The molecule has 0 fully saturated rings. The van der Waals surface area contributed by atoms with Gasteiger partial charge in [-0.3, -0.25) is 0 Å². The highest BCUT2D eigenvalue weighted by Gasteiger charge is 2.23. The molecule has 0 saturated heterocycles. The van der Waals surface area contributed by atoms with Crippen LogP contribution in [0, 0.1) is 0 Å². The summed E-state index contributed by atoms with van der Waals surface area (Å²) in [6.45, 7) is 2.16. The van der Waals surface area contributed by atoms with Crippen molar-refractivity contribution in [2.75, 3.05) is 12.8 Å². The third kappa shape index (κ3) is 3.70. The number of carboxylic acid groups (broad SMARTS) is 1. The molecule has 0 amide bonds. The van der Waals surface area contributed by atoms with Crippen LogP contribution in [0.4, 0.5) is 0 Å². The second-order valence-electron chi connectivity index (χ2n) is 3.32. The normalized spacial score (nSPS) is 13.5. The van der Waals surface area contributed by atoms with Crippen LogP contribution in [0.15, 0.2) is 16.3 Å². The first kappa shape index (κ1) is 14.5. The molecule has 0 aliphatic rings. The van der Waals surface area contributed by atoms with Crippen molar-refractivity contribution in [1.82, 2.24) is 4.72 Å². The molecule has 2 N–H and O–H groups in total. The standard InChI is InChI=1S/C9H13NO4S3/c1-6(15-2)5-10-17(13,14)7-3-4-16-8(7)9(11)12/h3-4,6,10H,5H2,1-2H3,(H,11,12). The molecule has 5 nitrogen and oxygen atoms in total. The molecule has 96 valence electrons. The Kier molecular flexibility index (Phi) is 4.99. The van der Waals surface area contributed by atoms with Gasteiger partial charge in [0.05, 0.1) is 0 Å². The molecule has 17 heavy (non-hydrogen) atoms. The van der Waals surface area contributed by atoms with Gasteiger partial charge in [0.2, 0.25) is 10.0 Å². The summed E-state index contributed by atoms with van der Waals surface area (Å²) in [7, 11) is -3.73. The Morgan fingerprint density at radius 3 is 2.82 bits per heavy atom. The van der Waals surface area contributed by atoms with E-state index in [9.17, 15) is 13.2 Å². The fourth-order valence-electron chi connectivity index (χ4n) is 1.05. The number of rotatable bonds is 6. The van der Waals surface area contributed by atoms with Crippen molar-refractivity contribution in [2.45, 2.75) is 17.1 Å². The van der Waals surface area contributed by atoms with Gasteiger partial charge in [-0.2, -0.15) is 11.8 Å². The molecule has 8 heteroatoms. The topological polar surface area (TPSA) is 83.5 Å². The largest absolute Gasteiger partial charge is 0.477 e. The Labute approximate surface area is 108 Å². The molecule has 1 unspecified atom stereocenters. The van der Waals surface area contributed by atoms with Crippen molar-refractivity contribution in [3.63, 3.8) is 0 Å². The van der Waals surface area contributed by atoms with Gasteiger partial charge in [0.15, 0.2) is 0 Å². The average Bonchev–Trinajstić information content (AvgIpc) is 2.75. The van der Waals surface area contributed by atoms with Gasteiger partial charge in [-0.25, -0.2) is 17.9 Å². The number of aromatic carboxylic acids is 1. The van der Waals surface area contributed by atoms with Crippen LogP contribution in [-0.4, -0.2) is 37.5 Å². The van der Waals surface area contributed by atoms with E-state index in [1.54, 1.807) is 0 Å². The number of carboxylic acids is 1. The monoisotopic (exact) mass is 295 g/mol. The SMILES string of the molecule is CSC(C)CNS(=O)(=O)c1ccsc1C(=O)O. The highest BCUT2D eigenvalue weighted by molar-refractivity contribution is 7.99. The quantitative estimate of drug-likeness (QED) is 0.830. The summed E-state index contributed by atoms with van der Waals surface area (Å²) in [5, 5.41) is 10.4. The summed E-state index contributed by atoms with van der Waals surface area (Å²) in [6.07, 6.45) is 1.88. The van der Waals surface area contributed by atoms with Crippen LogP contribution in [-0.2, 0) is 10.0 Å². The molecule has 1 aromatic heterocycles. The number of hydrogen-bond acceptors (Lipinski definition) is 5. The summed E-state index contributed by atoms with van der Waals surface area (Å²) in [5.74, 6) is -1.22. The Balaban J connectivity index is 2.90. The van der Waals surface area contributed by atoms with Gasteiger partial charge in [0.25, 0.3) is 0 Å². The van der Waals surface area contributed by atoms with Crippen LogP contribution in [0.25, 0.3) is 0 Å². The Bertz CT molecular complexity index is 494. The van der Waals surface area contributed by atoms with Crippen molar-refractivity contribution < 1.29 is 18.3 Å². The van der Waals surface area contributed by atoms with E-state index >= 15 is 0 Å². The van der Waals surface area contributed by atoms with Gasteiger partial charge in [-0.15, -0.1) is 11.3 Å². The number of hydrogen-bond donors (Lipinski definition) is 2. The molecule has 0 bridgehead atoms. The van der Waals surface area contributed by atoms with Crippen LogP contribution in [0.2, 0.25) is 0 Å². The zero-order chi connectivity index (χ0) is 13.1. The first-order valence-corrected chi connectivity index (χ1v) is 8.36. The lowest BCUT2D eigenvalue weighted by Crippen LogP contribution is -2.30. The number of nitrogens with one attached hydrogen (secondary N) is 1. The highest BCUT2D eigenvalue weighted by atomic mass is 32.2. The van der Waals surface area contributed by atoms with Crippen molar-refractivity contribution in [3.8, 4) is 0 Å². The minimum atomic E-state index is -3.73. The van der Waals surface area contributed by atoms with E-state index < -0.39 is 16.0 Å². The third-order valence-electron chi connectivity index (χ3n) is 2.08. The van der Waals surface area contributed by atoms with E-state index in [0.29, 0.717) is 0 Å². The molecule has 0 spiro atoms. The molecule has 1 atom stereocenters. The van der Waals surface area contributed by atoms with Crippen LogP contribution in [0.1, 0.15) is 16.6 Å². The third-order valence-corrected chi connectivity index (χ3v) is 5.54. The fourth-order valence-corrected chi connectivity index (χ4v) is 3.80. The molecule has 1 aromatic rings. The van der Waals surface area contributed by atoms with Crippen molar-refractivity contribution >= 4 is 39.1 Å². The Hall–Kier alpha value is -0.570. The predicted molar refractivity (Wildman–Crippen MR) is 69.4 cm³/mol. The zero-order valence-electron chi connectivity index (χ0n) is 9.34. The second kappa shape index (κ2) is 5.85. The average molecular weight is 295 g/mol. The van der Waals surface area contributed by atoms with Crippen LogP contribution in [0.3, 0.4) is 0 Å². The number of thiophene rings is 1. The van der Waals surface area contributed by atoms with Gasteiger partial charge in [-0.05, 0) is 17.7 Å². The van der Waals surface area contributed by atoms with Gasteiger partial charge < -0.3 is 5.11 Å². The molecular formula is C9H13NO4S3. The molecule has 1 rings (SSSR count). The first-order valence-electron chi connectivity index (χ1n) is 4.71. The lowest BCUT2D eigenvalue weighted by atomic mass is 10.5. The summed E-state index contributed by atoms with van der Waals surface area (Å²) < 4.78 is 26.1. The maximum Gasteiger partial charge on any atom is 0.347 e. The first-order chi connectivity index (χ1) is 7.88. The summed E-state index contributed by atoms with van der Waals surface area (Å²) in [4.78, 5) is 10.5. The molecule has 0 aromatic carbocycles. The second-order valence-corrected chi connectivity index (χ2v) is 7.24. The van der Waals surface area contributed by atoms with E-state index in [1.807, 2.05) is 13.2 Å². The van der Waals surface area contributed by atoms with Gasteiger partial charge in [0, 0.05) is 11.8 Å². The van der Waals surface area contributed by atoms with Crippen molar-refractivity contribution in [3.05, 3.63) is 16.3 Å².